The first-order valence-electron chi connectivity index (χ1n) is 8.26. The largest absolute Gasteiger partial charge is 0.356 e. The van der Waals surface area contributed by atoms with Crippen molar-refractivity contribution in [3.8, 4) is 0 Å². The summed E-state index contributed by atoms with van der Waals surface area (Å²) in [6, 6.07) is 7.47. The van der Waals surface area contributed by atoms with E-state index in [1.165, 1.54) is 0 Å². The van der Waals surface area contributed by atoms with Gasteiger partial charge in [-0.15, -0.1) is 0 Å². The number of rotatable bonds is 5. The number of piperidine rings is 1. The lowest BCUT2D eigenvalue weighted by Crippen LogP contribution is -2.44. The zero-order valence-electron chi connectivity index (χ0n) is 13.8. The number of hydrogen-bond acceptors (Lipinski definition) is 2. The summed E-state index contributed by atoms with van der Waals surface area (Å²) in [5, 5.41) is 3.61. The fourth-order valence-electron chi connectivity index (χ4n) is 2.82. The molecule has 126 valence electrons. The summed E-state index contributed by atoms with van der Waals surface area (Å²) in [4.78, 5) is 26.1. The van der Waals surface area contributed by atoms with Crippen molar-refractivity contribution in [2.45, 2.75) is 33.1 Å². The molecule has 1 fully saturated rings. The normalized spacial score (nSPS) is 18.1. The monoisotopic (exact) mass is 336 g/mol. The zero-order valence-corrected chi connectivity index (χ0v) is 14.6. The minimum atomic E-state index is -0.00320. The van der Waals surface area contributed by atoms with E-state index in [1.54, 1.807) is 0 Å². The fraction of sp³-hybridized carbons (Fsp3) is 0.556. The van der Waals surface area contributed by atoms with Crippen LogP contribution in [0.1, 0.15) is 32.3 Å². The van der Waals surface area contributed by atoms with Gasteiger partial charge in [0.1, 0.15) is 0 Å². The fourth-order valence-corrected chi connectivity index (χ4v) is 3.03. The van der Waals surface area contributed by atoms with Gasteiger partial charge in [0, 0.05) is 30.6 Å². The number of benzene rings is 1. The molecule has 0 aromatic heterocycles. The van der Waals surface area contributed by atoms with Crippen molar-refractivity contribution in [2.24, 2.45) is 11.8 Å². The summed E-state index contributed by atoms with van der Waals surface area (Å²) in [5.41, 5.74) is 0.870. The molecule has 2 amide bonds. The van der Waals surface area contributed by atoms with Gasteiger partial charge in [0.25, 0.3) is 0 Å². The van der Waals surface area contributed by atoms with Gasteiger partial charge in [0.05, 0.1) is 6.42 Å². The van der Waals surface area contributed by atoms with E-state index in [4.69, 9.17) is 11.6 Å². The van der Waals surface area contributed by atoms with Crippen molar-refractivity contribution in [1.82, 2.24) is 10.2 Å². The topological polar surface area (TPSA) is 49.4 Å². The summed E-state index contributed by atoms with van der Waals surface area (Å²) in [6.07, 6.45) is 2.37. The molecule has 0 unspecified atom stereocenters. The highest BCUT2D eigenvalue weighted by molar-refractivity contribution is 6.31. The first kappa shape index (κ1) is 17.8. The average Bonchev–Trinajstić information content (AvgIpc) is 2.54. The lowest BCUT2D eigenvalue weighted by atomic mass is 9.97. The van der Waals surface area contributed by atoms with E-state index in [1.807, 2.05) is 43.0 Å². The Labute approximate surface area is 143 Å². The molecule has 1 aromatic carbocycles. The molecule has 1 saturated heterocycles. The second kappa shape index (κ2) is 8.34. The lowest BCUT2D eigenvalue weighted by molar-refractivity contribution is -0.132. The van der Waals surface area contributed by atoms with Crippen LogP contribution in [0.3, 0.4) is 0 Å². The van der Waals surface area contributed by atoms with Crippen molar-refractivity contribution >= 4 is 23.4 Å². The van der Waals surface area contributed by atoms with Crippen LogP contribution in [0.5, 0.6) is 0 Å². The van der Waals surface area contributed by atoms with Crippen LogP contribution >= 0.6 is 11.6 Å². The smallest absolute Gasteiger partial charge is 0.227 e. The van der Waals surface area contributed by atoms with Crippen LogP contribution in [0.15, 0.2) is 24.3 Å². The molecule has 1 aliphatic rings. The minimum absolute atomic E-state index is 0.00320. The van der Waals surface area contributed by atoms with Gasteiger partial charge in [-0.2, -0.15) is 0 Å². The van der Waals surface area contributed by atoms with Crippen LogP contribution in [-0.4, -0.2) is 36.3 Å². The van der Waals surface area contributed by atoms with Crippen LogP contribution < -0.4 is 5.32 Å². The van der Waals surface area contributed by atoms with Crippen LogP contribution in [0, 0.1) is 11.8 Å². The molecule has 0 spiro atoms. The predicted molar refractivity (Wildman–Crippen MR) is 92.3 cm³/mol. The minimum Gasteiger partial charge on any atom is -0.356 e. The number of carbonyl (C=O) groups is 2. The standard InChI is InChI=1S/C18H25ClN2O2/c1-13(2)18(23)20-11-14-6-5-9-21(12-14)17(22)10-15-7-3-4-8-16(15)19/h3-4,7-8,13-14H,5-6,9-12H2,1-2H3,(H,20,23)/t14-/m0/s1. The summed E-state index contributed by atoms with van der Waals surface area (Å²) in [6.45, 7) is 5.91. The van der Waals surface area contributed by atoms with E-state index in [0.717, 1.165) is 24.9 Å². The van der Waals surface area contributed by atoms with E-state index < -0.39 is 0 Å². The van der Waals surface area contributed by atoms with E-state index in [-0.39, 0.29) is 17.7 Å². The summed E-state index contributed by atoms with van der Waals surface area (Å²) >= 11 is 6.13. The van der Waals surface area contributed by atoms with Crippen LogP contribution in [0.4, 0.5) is 0 Å². The van der Waals surface area contributed by atoms with Crippen LogP contribution in [0.2, 0.25) is 5.02 Å². The summed E-state index contributed by atoms with van der Waals surface area (Å²) in [7, 11) is 0. The van der Waals surface area contributed by atoms with Gasteiger partial charge in [-0.3, -0.25) is 9.59 Å². The molecule has 2 rings (SSSR count). The number of likely N-dealkylation sites (tertiary alicyclic amines) is 1. The van der Waals surface area contributed by atoms with Gasteiger partial charge in [-0.05, 0) is 30.4 Å². The number of amides is 2. The SMILES string of the molecule is CC(C)C(=O)NC[C@@H]1CCCN(C(=O)Cc2ccccc2Cl)C1. The molecule has 1 aromatic rings. The third kappa shape index (κ3) is 5.24. The maximum Gasteiger partial charge on any atom is 0.227 e. The number of hydrogen-bond donors (Lipinski definition) is 1. The molecule has 0 aliphatic carbocycles. The maximum atomic E-state index is 12.5. The molecule has 1 N–H and O–H groups in total. The average molecular weight is 337 g/mol. The Morgan fingerprint density at radius 2 is 2.09 bits per heavy atom. The van der Waals surface area contributed by atoms with Crippen molar-refractivity contribution in [2.75, 3.05) is 19.6 Å². The van der Waals surface area contributed by atoms with Crippen LogP contribution in [-0.2, 0) is 16.0 Å². The highest BCUT2D eigenvalue weighted by Crippen LogP contribution is 2.20. The lowest BCUT2D eigenvalue weighted by Gasteiger charge is -2.33. The van der Waals surface area contributed by atoms with Gasteiger partial charge in [0.2, 0.25) is 11.8 Å². The molecular weight excluding hydrogens is 312 g/mol. The van der Waals surface area contributed by atoms with Crippen molar-refractivity contribution in [1.29, 1.82) is 0 Å². The Morgan fingerprint density at radius 1 is 1.35 bits per heavy atom. The van der Waals surface area contributed by atoms with Gasteiger partial charge in [-0.1, -0.05) is 43.6 Å². The Morgan fingerprint density at radius 3 is 2.78 bits per heavy atom. The number of carbonyl (C=O) groups excluding carboxylic acids is 2. The molecular formula is C18H25ClN2O2. The quantitative estimate of drug-likeness (QED) is 0.898. The Balaban J connectivity index is 1.86. The van der Waals surface area contributed by atoms with Gasteiger partial charge in [0.15, 0.2) is 0 Å². The number of nitrogens with one attached hydrogen (secondary N) is 1. The van der Waals surface area contributed by atoms with Crippen LogP contribution in [0.25, 0.3) is 0 Å². The maximum absolute atomic E-state index is 12.5. The molecule has 4 nitrogen and oxygen atoms in total. The molecule has 5 heteroatoms. The van der Waals surface area contributed by atoms with E-state index in [9.17, 15) is 9.59 Å². The van der Waals surface area contributed by atoms with E-state index >= 15 is 0 Å². The molecule has 23 heavy (non-hydrogen) atoms. The first-order chi connectivity index (χ1) is 11.0. The van der Waals surface area contributed by atoms with Gasteiger partial charge in [-0.25, -0.2) is 0 Å². The molecule has 0 bridgehead atoms. The van der Waals surface area contributed by atoms with E-state index in [2.05, 4.69) is 5.32 Å². The Hall–Kier alpha value is -1.55. The second-order valence-corrected chi connectivity index (χ2v) is 6.92. The molecule has 1 atom stereocenters. The molecule has 1 aliphatic heterocycles. The molecule has 1 heterocycles. The second-order valence-electron chi connectivity index (χ2n) is 6.52. The zero-order chi connectivity index (χ0) is 16.8. The van der Waals surface area contributed by atoms with Gasteiger partial charge < -0.3 is 10.2 Å². The van der Waals surface area contributed by atoms with Crippen molar-refractivity contribution in [3.05, 3.63) is 34.9 Å². The Kier molecular flexibility index (Phi) is 6.46. The molecule has 0 saturated carbocycles. The predicted octanol–water partition coefficient (Wildman–Crippen LogP) is 2.89. The third-order valence-corrected chi connectivity index (χ3v) is 4.63. The van der Waals surface area contributed by atoms with E-state index in [0.29, 0.717) is 30.5 Å². The Bertz CT molecular complexity index is 560. The number of nitrogens with zero attached hydrogens (tertiary/aromatic N) is 1. The van der Waals surface area contributed by atoms with Crippen molar-refractivity contribution < 1.29 is 9.59 Å². The van der Waals surface area contributed by atoms with Gasteiger partial charge >= 0.3 is 0 Å². The summed E-state index contributed by atoms with van der Waals surface area (Å²) < 4.78 is 0. The highest BCUT2D eigenvalue weighted by atomic mass is 35.5. The summed E-state index contributed by atoms with van der Waals surface area (Å²) in [5.74, 6) is 0.515. The third-order valence-electron chi connectivity index (χ3n) is 4.26. The highest BCUT2D eigenvalue weighted by Gasteiger charge is 2.24. The molecule has 0 radical (unpaired) electrons. The first-order valence-corrected chi connectivity index (χ1v) is 8.64. The number of halogens is 1. The van der Waals surface area contributed by atoms with Crippen molar-refractivity contribution in [3.63, 3.8) is 0 Å².